The summed E-state index contributed by atoms with van der Waals surface area (Å²) in [6.45, 7) is 20.9. The summed E-state index contributed by atoms with van der Waals surface area (Å²) < 4.78 is 7.10. The van der Waals surface area contributed by atoms with Crippen molar-refractivity contribution in [2.75, 3.05) is 0 Å². The van der Waals surface area contributed by atoms with E-state index in [-0.39, 0.29) is 29.0 Å². The van der Waals surface area contributed by atoms with Gasteiger partial charge in [0, 0.05) is 0 Å². The van der Waals surface area contributed by atoms with Gasteiger partial charge in [-0.1, -0.05) is 0 Å². The first-order valence-corrected chi connectivity index (χ1v) is 13.8. The monoisotopic (exact) mass is 477 g/mol. The third kappa shape index (κ3) is 5.01. The molecule has 1 aromatic carbocycles. The van der Waals surface area contributed by atoms with E-state index in [0.29, 0.717) is 4.73 Å². The second-order valence-electron chi connectivity index (χ2n) is 9.35. The average Bonchev–Trinajstić information content (AvgIpc) is 2.59. The molecule has 1 aliphatic rings. The van der Waals surface area contributed by atoms with Gasteiger partial charge in [0.1, 0.15) is 0 Å². The molecule has 2 rings (SSSR count). The molecule has 0 aliphatic carbocycles. The van der Waals surface area contributed by atoms with E-state index >= 15 is 0 Å². The van der Waals surface area contributed by atoms with Gasteiger partial charge < -0.3 is 0 Å². The zero-order valence-electron chi connectivity index (χ0n) is 18.9. The van der Waals surface area contributed by atoms with Gasteiger partial charge in [-0.3, -0.25) is 0 Å². The Labute approximate surface area is 185 Å². The van der Waals surface area contributed by atoms with Gasteiger partial charge in [-0.15, -0.1) is 0 Å². The fourth-order valence-electron chi connectivity index (χ4n) is 3.25. The number of nitrogens with zero attached hydrogens (tertiary/aromatic N) is 2. The van der Waals surface area contributed by atoms with Gasteiger partial charge in [-0.2, -0.15) is 0 Å². The predicted molar refractivity (Wildman–Crippen MR) is 124 cm³/mol. The molecule has 0 N–H and O–H groups in total. The number of likely N-dealkylation sites (tertiary alicyclic amines) is 1. The third-order valence-electron chi connectivity index (χ3n) is 6.12. The summed E-state index contributed by atoms with van der Waals surface area (Å²) >= 11 is 2.97. The van der Waals surface area contributed by atoms with E-state index in [2.05, 4.69) is 67.2 Å². The summed E-state index contributed by atoms with van der Waals surface area (Å²) in [6.07, 6.45) is -0.180. The standard InChI is InChI=1S/C23H33N2O2SeSi/c1-10-16(3)20-19(17(4)27-29(8,9)23(5,6)7)21(26)25(20)22(28)24-18-13-11-15(2)12-14-18/h11-14,17,19-20H,1H2,2-9H3/t17-,19-,20-/m1/s1. The van der Waals surface area contributed by atoms with Crippen LogP contribution in [0.2, 0.25) is 18.1 Å². The maximum absolute atomic E-state index is 13.2. The van der Waals surface area contributed by atoms with Crippen LogP contribution in [0.1, 0.15) is 40.2 Å². The molecule has 4 nitrogen and oxygen atoms in total. The number of amidine groups is 1. The minimum atomic E-state index is -1.99. The maximum atomic E-state index is 13.2. The van der Waals surface area contributed by atoms with Crippen LogP contribution in [0.15, 0.2) is 47.1 Å². The van der Waals surface area contributed by atoms with E-state index in [0.717, 1.165) is 11.3 Å². The molecular formula is C23H33N2O2SeSi. The first-order valence-electron chi connectivity index (χ1n) is 10.00. The number of benzene rings is 1. The van der Waals surface area contributed by atoms with Gasteiger partial charge in [0.2, 0.25) is 0 Å². The van der Waals surface area contributed by atoms with E-state index < -0.39 is 8.32 Å². The van der Waals surface area contributed by atoms with E-state index in [1.807, 2.05) is 45.0 Å². The van der Waals surface area contributed by atoms with Crippen LogP contribution in [0.3, 0.4) is 0 Å². The summed E-state index contributed by atoms with van der Waals surface area (Å²) in [5.41, 5.74) is 5.89. The minimum absolute atomic E-state index is 0.0282. The molecule has 3 atom stereocenters. The van der Waals surface area contributed by atoms with Crippen LogP contribution < -0.4 is 0 Å². The number of hydrogen-bond acceptors (Lipinski definition) is 3. The molecule has 1 aliphatic heterocycles. The SMILES string of the molecule is C=C=C(C)[C@@H]1[C@@H]([C@@H](C)O[Si](C)(C)C(C)(C)C)C(=O)N1C([Se])=Nc1ccc(C)cc1. The second kappa shape index (κ2) is 8.75. The van der Waals surface area contributed by atoms with Gasteiger partial charge in [0.25, 0.3) is 0 Å². The summed E-state index contributed by atoms with van der Waals surface area (Å²) in [7, 11) is -1.99. The van der Waals surface area contributed by atoms with Crippen molar-refractivity contribution >= 4 is 40.7 Å². The average molecular weight is 477 g/mol. The van der Waals surface area contributed by atoms with Crippen LogP contribution in [0.4, 0.5) is 5.69 Å². The molecule has 1 saturated heterocycles. The van der Waals surface area contributed by atoms with Gasteiger partial charge in [0.15, 0.2) is 0 Å². The quantitative estimate of drug-likeness (QED) is 0.195. The van der Waals surface area contributed by atoms with E-state index in [9.17, 15) is 4.79 Å². The van der Waals surface area contributed by atoms with Gasteiger partial charge >= 0.3 is 185 Å². The van der Waals surface area contributed by atoms with Gasteiger partial charge in [0.05, 0.1) is 0 Å². The van der Waals surface area contributed by atoms with Crippen molar-refractivity contribution in [1.82, 2.24) is 4.90 Å². The molecule has 0 aromatic heterocycles. The summed E-state index contributed by atoms with van der Waals surface area (Å²) in [6, 6.07) is 7.76. The van der Waals surface area contributed by atoms with Crippen LogP contribution in [-0.2, 0) is 9.22 Å². The van der Waals surface area contributed by atoms with Crippen molar-refractivity contribution in [3.8, 4) is 0 Å². The van der Waals surface area contributed by atoms with Gasteiger partial charge in [-0.25, -0.2) is 0 Å². The van der Waals surface area contributed by atoms with Crippen molar-refractivity contribution in [3.63, 3.8) is 0 Å². The van der Waals surface area contributed by atoms with Crippen LogP contribution in [-0.4, -0.2) is 52.0 Å². The number of rotatable bonds is 5. The van der Waals surface area contributed by atoms with Crippen LogP contribution in [0, 0.1) is 12.8 Å². The van der Waals surface area contributed by atoms with E-state index in [4.69, 9.17) is 4.43 Å². The molecular weight excluding hydrogens is 443 g/mol. The number of amides is 1. The van der Waals surface area contributed by atoms with Gasteiger partial charge in [-0.05, 0) is 0 Å². The van der Waals surface area contributed by atoms with Crippen molar-refractivity contribution in [3.05, 3.63) is 47.7 Å². The number of carbonyl (C=O) groups excluding carboxylic acids is 1. The zero-order chi connectivity index (χ0) is 22.1. The molecule has 157 valence electrons. The first kappa shape index (κ1) is 23.9. The van der Waals surface area contributed by atoms with Crippen LogP contribution >= 0.6 is 0 Å². The fourth-order valence-corrected chi connectivity index (χ4v) is 5.33. The molecule has 29 heavy (non-hydrogen) atoms. The molecule has 0 saturated carbocycles. The molecule has 1 radical (unpaired) electrons. The molecule has 0 unspecified atom stereocenters. The fraction of sp³-hybridized carbons (Fsp3) is 0.522. The van der Waals surface area contributed by atoms with Crippen LogP contribution in [0.25, 0.3) is 0 Å². The Kier molecular flexibility index (Phi) is 7.20. The third-order valence-corrected chi connectivity index (χ3v) is 11.3. The summed E-state index contributed by atoms with van der Waals surface area (Å²) in [5, 5.41) is 0.0865. The predicted octanol–water partition coefficient (Wildman–Crippen LogP) is 5.12. The summed E-state index contributed by atoms with van der Waals surface area (Å²) in [4.78, 5) is 19.5. The Bertz CT molecular complexity index is 849. The van der Waals surface area contributed by atoms with E-state index in [1.54, 1.807) is 4.90 Å². The molecule has 6 heteroatoms. The summed E-state index contributed by atoms with van der Waals surface area (Å²) in [5.74, 6) is -0.227. The Morgan fingerprint density at radius 3 is 2.34 bits per heavy atom. The number of aliphatic imine (C=N–C) groups is 1. The first-order chi connectivity index (χ1) is 13.3. The Morgan fingerprint density at radius 2 is 1.86 bits per heavy atom. The van der Waals surface area contributed by atoms with Crippen molar-refractivity contribution in [2.45, 2.75) is 71.8 Å². The molecule has 0 bridgehead atoms. The van der Waals surface area contributed by atoms with Crippen molar-refractivity contribution < 1.29 is 9.22 Å². The molecule has 1 aromatic rings. The Hall–Kier alpha value is -1.42. The van der Waals surface area contributed by atoms with Crippen molar-refractivity contribution in [2.24, 2.45) is 10.9 Å². The number of carbonyl (C=O) groups is 1. The Morgan fingerprint density at radius 1 is 1.31 bits per heavy atom. The molecule has 0 spiro atoms. The molecule has 1 heterocycles. The molecule has 1 amide bonds. The number of aryl methyl sites for hydroxylation is 1. The van der Waals surface area contributed by atoms with E-state index in [1.165, 1.54) is 5.56 Å². The zero-order valence-corrected chi connectivity index (χ0v) is 21.6. The number of β-lactam (4-membered cyclic amide) rings is 1. The topological polar surface area (TPSA) is 41.9 Å². The molecule has 1 fully saturated rings. The second-order valence-corrected chi connectivity index (χ2v) is 14.9. The normalized spacial score (nSPS) is 21.4. The Balaban J connectivity index is 2.30. The number of hydrogen-bond donors (Lipinski definition) is 0. The van der Waals surface area contributed by atoms with Crippen molar-refractivity contribution in [1.29, 1.82) is 0 Å². The van der Waals surface area contributed by atoms with Crippen LogP contribution in [0.5, 0.6) is 0 Å².